The zero-order chi connectivity index (χ0) is 37.2. The number of aliphatic carboxylic acids is 1. The maximum atomic E-state index is 15.2. The minimum absolute atomic E-state index is 0. The summed E-state index contributed by atoms with van der Waals surface area (Å²) in [4.78, 5) is 30.6. The lowest BCUT2D eigenvalue weighted by Crippen LogP contribution is -2.35. The fraction of sp³-hybridized carbons (Fsp3) is 0.500. The lowest BCUT2D eigenvalue weighted by molar-refractivity contribution is -0.143. The van der Waals surface area contributed by atoms with E-state index in [2.05, 4.69) is 15.7 Å². The minimum atomic E-state index is -1.36. The number of nitrogens with zero attached hydrogens (tertiary/aromatic N) is 4. The summed E-state index contributed by atoms with van der Waals surface area (Å²) in [7, 11) is 1.50. The first-order chi connectivity index (χ1) is 25.0. The number of hydrogen-bond acceptors (Lipinski definition) is 5. The molecule has 1 amide bonds. The van der Waals surface area contributed by atoms with Crippen LogP contribution >= 0.6 is 0 Å². The molecule has 4 heterocycles. The molecule has 5 N–H and O–H groups in total. The van der Waals surface area contributed by atoms with Crippen molar-refractivity contribution in [3.05, 3.63) is 84.2 Å². The number of carbonyl (C=O) groups excluding carboxylic acids is 1. The molecule has 53 heavy (non-hydrogen) atoms. The van der Waals surface area contributed by atoms with Crippen molar-refractivity contribution >= 4 is 11.9 Å². The summed E-state index contributed by atoms with van der Waals surface area (Å²) in [5.41, 5.74) is 11.8. The quantitative estimate of drug-likeness (QED) is 0.155. The molecule has 2 fully saturated rings. The van der Waals surface area contributed by atoms with E-state index in [1.54, 1.807) is 37.2 Å². The van der Waals surface area contributed by atoms with Crippen molar-refractivity contribution in [1.82, 2.24) is 19.1 Å². The van der Waals surface area contributed by atoms with Crippen LogP contribution in [-0.2, 0) is 9.59 Å². The van der Waals surface area contributed by atoms with Gasteiger partial charge in [0.2, 0.25) is 5.91 Å². The van der Waals surface area contributed by atoms with Gasteiger partial charge in [0, 0.05) is 28.2 Å². The molecule has 2 aliphatic carbocycles. The smallest absolute Gasteiger partial charge is 0.306 e. The van der Waals surface area contributed by atoms with Gasteiger partial charge in [-0.25, -0.2) is 27.5 Å². The highest BCUT2D eigenvalue weighted by Crippen LogP contribution is 2.47. The van der Waals surface area contributed by atoms with E-state index < -0.39 is 23.2 Å². The fourth-order valence-electron chi connectivity index (χ4n) is 8.66. The number of rotatable bonds is 8. The van der Waals surface area contributed by atoms with Crippen LogP contribution < -0.4 is 11.5 Å². The Hall–Kier alpha value is -4.52. The first-order valence-electron chi connectivity index (χ1n) is 18.1. The maximum absolute atomic E-state index is 15.2. The highest BCUT2D eigenvalue weighted by molar-refractivity contribution is 5.76. The third-order valence-corrected chi connectivity index (χ3v) is 11.6. The lowest BCUT2D eigenvalue weighted by Gasteiger charge is -2.33. The van der Waals surface area contributed by atoms with Gasteiger partial charge in [0.05, 0.1) is 54.4 Å². The second kappa shape index (κ2) is 16.2. The van der Waals surface area contributed by atoms with Gasteiger partial charge in [-0.15, -0.1) is 0 Å². The number of aromatic nitrogens is 4. The molecule has 2 atom stereocenters. The first-order valence-corrected chi connectivity index (χ1v) is 18.1. The van der Waals surface area contributed by atoms with Gasteiger partial charge < -0.3 is 25.7 Å². The standard InChI is InChI=1S/C19H21F2N3O.C19H20F2N2O2.CH5N.CH4/c20-14-3-1-2-13-16-10-23-11-24(16)15(17(13)14)6-9-19(21)7-4-12(5-8-19)18(22)25;20-14-3-1-2-13-16-10-22-11-23(16)15(17(13)14)6-9-19(21)7-4-12(5-8-19)18(24)25;1-2;/h1-3,10-12,15H,4-9H2,(H2,22,25);1-3,10-12,15H,4-9H2,(H,24,25);2H2,1H3;1H4. The third kappa shape index (κ3) is 7.90. The molecule has 2 aliphatic heterocycles. The molecule has 2 aromatic heterocycles. The van der Waals surface area contributed by atoms with E-state index in [1.807, 2.05) is 21.3 Å². The Morgan fingerprint density at radius 1 is 0.755 bits per heavy atom. The number of benzene rings is 2. The molecule has 2 aromatic carbocycles. The second-order valence-corrected chi connectivity index (χ2v) is 14.5. The number of carboxylic acids is 1. The normalized spacial score (nSPS) is 26.3. The summed E-state index contributed by atoms with van der Waals surface area (Å²) in [5, 5.41) is 9.06. The van der Waals surface area contributed by atoms with E-state index in [4.69, 9.17) is 10.8 Å². The molecule has 8 rings (SSSR count). The van der Waals surface area contributed by atoms with Crippen molar-refractivity contribution in [1.29, 1.82) is 0 Å². The molecule has 0 saturated heterocycles. The second-order valence-electron chi connectivity index (χ2n) is 14.5. The molecule has 0 radical (unpaired) electrons. The maximum Gasteiger partial charge on any atom is 0.306 e. The molecular formula is C40H50F4N6O3. The largest absolute Gasteiger partial charge is 0.481 e. The molecular weight excluding hydrogens is 688 g/mol. The van der Waals surface area contributed by atoms with Crippen molar-refractivity contribution in [2.45, 2.75) is 108 Å². The van der Waals surface area contributed by atoms with Gasteiger partial charge in [-0.2, -0.15) is 0 Å². The van der Waals surface area contributed by atoms with E-state index in [-0.39, 0.29) is 55.8 Å². The Bertz CT molecular complexity index is 1760. The molecule has 0 bridgehead atoms. The van der Waals surface area contributed by atoms with E-state index in [0.29, 0.717) is 75.3 Å². The molecule has 13 heteroatoms. The van der Waals surface area contributed by atoms with Crippen molar-refractivity contribution in [3.63, 3.8) is 0 Å². The van der Waals surface area contributed by atoms with Crippen molar-refractivity contribution in [3.8, 4) is 22.5 Å². The summed E-state index contributed by atoms with van der Waals surface area (Å²) in [6.45, 7) is 0. The highest BCUT2D eigenvalue weighted by atomic mass is 19.2. The number of carbonyl (C=O) groups is 2. The predicted octanol–water partition coefficient (Wildman–Crippen LogP) is 8.32. The lowest BCUT2D eigenvalue weighted by atomic mass is 9.77. The van der Waals surface area contributed by atoms with Crippen LogP contribution in [0.3, 0.4) is 0 Å². The summed E-state index contributed by atoms with van der Waals surface area (Å²) in [6.07, 6.45) is 11.4. The van der Waals surface area contributed by atoms with Gasteiger partial charge in [-0.3, -0.25) is 9.59 Å². The van der Waals surface area contributed by atoms with Crippen LogP contribution in [0.4, 0.5) is 17.6 Å². The number of alkyl halides is 2. The summed E-state index contributed by atoms with van der Waals surface area (Å²) in [5.74, 6) is -2.35. The van der Waals surface area contributed by atoms with Crippen LogP contribution in [0.25, 0.3) is 22.5 Å². The molecule has 4 aliphatic rings. The van der Waals surface area contributed by atoms with Crippen LogP contribution in [0.1, 0.15) is 108 Å². The SMILES string of the molecule is C.CN.NC(=O)C1CCC(F)(CCC2c3c(F)cccc3-c3cncn32)CC1.O=C(O)C1CCC(F)(CCC2c3c(F)cccc3-c3cncn32)CC1. The molecule has 4 aromatic rings. The molecule has 9 nitrogen and oxygen atoms in total. The van der Waals surface area contributed by atoms with E-state index in [9.17, 15) is 18.4 Å². The third-order valence-electron chi connectivity index (χ3n) is 11.6. The Balaban J connectivity index is 0.000000192. The molecule has 0 spiro atoms. The van der Waals surface area contributed by atoms with Gasteiger partial charge in [0.25, 0.3) is 0 Å². The van der Waals surface area contributed by atoms with Crippen molar-refractivity contribution < 1.29 is 32.3 Å². The van der Waals surface area contributed by atoms with Crippen LogP contribution in [-0.4, -0.2) is 54.5 Å². The monoisotopic (exact) mass is 738 g/mol. The zero-order valence-corrected chi connectivity index (χ0v) is 29.3. The summed E-state index contributed by atoms with van der Waals surface area (Å²) < 4.78 is 63.0. The average molecular weight is 739 g/mol. The Morgan fingerprint density at radius 3 is 1.53 bits per heavy atom. The number of fused-ring (bicyclic) bond motifs is 6. The number of halogens is 4. The van der Waals surface area contributed by atoms with E-state index >= 15 is 8.78 Å². The Labute approximate surface area is 307 Å². The molecule has 2 saturated carbocycles. The minimum Gasteiger partial charge on any atom is -0.481 e. The van der Waals surface area contributed by atoms with Crippen LogP contribution in [0, 0.1) is 23.5 Å². The van der Waals surface area contributed by atoms with Gasteiger partial charge in [0.15, 0.2) is 0 Å². The van der Waals surface area contributed by atoms with Crippen molar-refractivity contribution in [2.24, 2.45) is 23.3 Å². The zero-order valence-electron chi connectivity index (χ0n) is 29.3. The van der Waals surface area contributed by atoms with Gasteiger partial charge in [0.1, 0.15) is 23.0 Å². The van der Waals surface area contributed by atoms with Crippen LogP contribution in [0.2, 0.25) is 0 Å². The number of carboxylic acid groups (broad SMARTS) is 1. The number of nitrogens with two attached hydrogens (primary N) is 2. The Kier molecular flexibility index (Phi) is 12.2. The fourth-order valence-corrected chi connectivity index (χ4v) is 8.66. The van der Waals surface area contributed by atoms with Gasteiger partial charge in [-0.1, -0.05) is 31.7 Å². The molecule has 2 unspecified atom stereocenters. The first kappa shape index (κ1) is 39.7. The van der Waals surface area contributed by atoms with Gasteiger partial charge in [-0.05, 0) is 96.2 Å². The number of imidazole rings is 2. The van der Waals surface area contributed by atoms with Crippen LogP contribution in [0.15, 0.2) is 61.4 Å². The topological polar surface area (TPSA) is 142 Å². The predicted molar refractivity (Wildman–Crippen MR) is 195 cm³/mol. The Morgan fingerprint density at radius 2 is 1.15 bits per heavy atom. The average Bonchev–Trinajstić information content (AvgIpc) is 3.92. The summed E-state index contributed by atoms with van der Waals surface area (Å²) >= 11 is 0. The summed E-state index contributed by atoms with van der Waals surface area (Å²) in [6, 6.07) is 9.54. The number of amides is 1. The molecule has 286 valence electrons. The van der Waals surface area contributed by atoms with Crippen LogP contribution in [0.5, 0.6) is 0 Å². The number of primary amides is 1. The van der Waals surface area contributed by atoms with Crippen molar-refractivity contribution in [2.75, 3.05) is 7.05 Å². The van der Waals surface area contributed by atoms with E-state index in [1.165, 1.54) is 19.2 Å². The van der Waals surface area contributed by atoms with Gasteiger partial charge >= 0.3 is 5.97 Å². The van der Waals surface area contributed by atoms with E-state index in [0.717, 1.165) is 22.5 Å². The highest BCUT2D eigenvalue weighted by Gasteiger charge is 2.41. The number of hydrogen-bond donors (Lipinski definition) is 3.